The number of anilines is 1. The molecule has 0 spiro atoms. The van der Waals surface area contributed by atoms with Gasteiger partial charge in [0.1, 0.15) is 5.82 Å². The molecule has 3 rings (SSSR count). The molecule has 1 aromatic heterocycles. The average Bonchev–Trinajstić information content (AvgIpc) is 2.51. The van der Waals surface area contributed by atoms with E-state index in [9.17, 15) is 9.18 Å². The number of carbonyl (C=O) groups is 1. The number of nitrogens with one attached hydrogen (secondary N) is 1. The number of hydrogen-bond donors (Lipinski definition) is 1. The van der Waals surface area contributed by atoms with Crippen LogP contribution in [0.15, 0.2) is 54.9 Å². The lowest BCUT2D eigenvalue weighted by molar-refractivity contribution is -0.115. The number of rotatable bonds is 3. The van der Waals surface area contributed by atoms with Crippen LogP contribution in [0.2, 0.25) is 5.02 Å². The van der Waals surface area contributed by atoms with Crippen molar-refractivity contribution in [3.8, 4) is 0 Å². The molecule has 0 aliphatic heterocycles. The van der Waals surface area contributed by atoms with Gasteiger partial charge in [-0.05, 0) is 24.3 Å². The summed E-state index contributed by atoms with van der Waals surface area (Å²) in [6.07, 6.45) is 3.26. The van der Waals surface area contributed by atoms with E-state index in [4.69, 9.17) is 11.6 Å². The molecule has 0 saturated heterocycles. The molecule has 0 radical (unpaired) electrons. The first-order valence-corrected chi connectivity index (χ1v) is 7.08. The van der Waals surface area contributed by atoms with E-state index >= 15 is 0 Å². The molecule has 0 aliphatic carbocycles. The number of carbonyl (C=O) groups excluding carboxylic acids is 1. The van der Waals surface area contributed by atoms with E-state index < -0.39 is 5.82 Å². The number of fused-ring (bicyclic) bond motifs is 1. The molecular formula is C17H12ClFN2O. The molecule has 22 heavy (non-hydrogen) atoms. The summed E-state index contributed by atoms with van der Waals surface area (Å²) in [7, 11) is 0. The second-order valence-corrected chi connectivity index (χ2v) is 5.23. The highest BCUT2D eigenvalue weighted by molar-refractivity contribution is 6.31. The molecule has 0 unspecified atom stereocenters. The number of benzene rings is 2. The van der Waals surface area contributed by atoms with Gasteiger partial charge >= 0.3 is 0 Å². The average molecular weight is 315 g/mol. The second kappa shape index (κ2) is 6.12. The molecule has 0 atom stereocenters. The molecule has 110 valence electrons. The zero-order valence-electron chi connectivity index (χ0n) is 11.5. The first-order chi connectivity index (χ1) is 10.6. The summed E-state index contributed by atoms with van der Waals surface area (Å²) in [5.41, 5.74) is 0.862. The topological polar surface area (TPSA) is 42.0 Å². The molecule has 5 heteroatoms. The number of hydrogen-bond acceptors (Lipinski definition) is 2. The number of halogens is 2. The Morgan fingerprint density at radius 3 is 2.82 bits per heavy atom. The maximum absolute atomic E-state index is 13.7. The van der Waals surface area contributed by atoms with Gasteiger partial charge in [0.05, 0.1) is 6.42 Å². The maximum Gasteiger partial charge on any atom is 0.228 e. The van der Waals surface area contributed by atoms with Crippen molar-refractivity contribution in [2.45, 2.75) is 6.42 Å². The highest BCUT2D eigenvalue weighted by Crippen LogP contribution is 2.23. The third kappa shape index (κ3) is 2.92. The van der Waals surface area contributed by atoms with Crippen molar-refractivity contribution in [1.82, 2.24) is 4.98 Å². The van der Waals surface area contributed by atoms with Crippen molar-refractivity contribution in [1.29, 1.82) is 0 Å². The molecule has 2 aromatic carbocycles. The predicted molar refractivity (Wildman–Crippen MR) is 85.5 cm³/mol. The summed E-state index contributed by atoms with van der Waals surface area (Å²) < 4.78 is 13.7. The Kier molecular flexibility index (Phi) is 4.02. The standard InChI is InChI=1S/C17H12ClFN2O/c18-14-4-2-5-15(19)13(14)9-17(22)21-16-6-1-3-11-10-20-8-7-12(11)16/h1-8,10H,9H2,(H,21,22). The summed E-state index contributed by atoms with van der Waals surface area (Å²) in [4.78, 5) is 16.2. The van der Waals surface area contributed by atoms with Gasteiger partial charge < -0.3 is 5.32 Å². The largest absolute Gasteiger partial charge is 0.325 e. The van der Waals surface area contributed by atoms with Crippen molar-refractivity contribution >= 4 is 34.0 Å². The Morgan fingerprint density at radius 2 is 2.00 bits per heavy atom. The molecule has 0 saturated carbocycles. The van der Waals surface area contributed by atoms with Gasteiger partial charge in [0, 0.05) is 39.4 Å². The summed E-state index contributed by atoms with van der Waals surface area (Å²) >= 11 is 5.94. The minimum atomic E-state index is -0.482. The van der Waals surface area contributed by atoms with Crippen molar-refractivity contribution in [3.05, 3.63) is 71.3 Å². The quantitative estimate of drug-likeness (QED) is 0.787. The fraction of sp³-hybridized carbons (Fsp3) is 0.0588. The SMILES string of the molecule is O=C(Cc1c(F)cccc1Cl)Nc1cccc2cnccc12. The number of pyridine rings is 1. The van der Waals surface area contributed by atoms with Crippen LogP contribution in [0.5, 0.6) is 0 Å². The third-order valence-corrected chi connectivity index (χ3v) is 3.71. The Balaban J connectivity index is 1.85. The van der Waals surface area contributed by atoms with Crippen molar-refractivity contribution in [2.75, 3.05) is 5.32 Å². The fourth-order valence-electron chi connectivity index (χ4n) is 2.29. The van der Waals surface area contributed by atoms with Crippen molar-refractivity contribution in [3.63, 3.8) is 0 Å². The van der Waals surface area contributed by atoms with Crippen molar-refractivity contribution < 1.29 is 9.18 Å². The van der Waals surface area contributed by atoms with Crippen LogP contribution in [-0.2, 0) is 11.2 Å². The first-order valence-electron chi connectivity index (χ1n) is 6.70. The van der Waals surface area contributed by atoms with Gasteiger partial charge in [-0.15, -0.1) is 0 Å². The van der Waals surface area contributed by atoms with Gasteiger partial charge in [-0.3, -0.25) is 9.78 Å². The zero-order valence-corrected chi connectivity index (χ0v) is 12.3. The minimum absolute atomic E-state index is 0.118. The van der Waals surface area contributed by atoms with E-state index in [1.807, 2.05) is 18.2 Å². The smallest absolute Gasteiger partial charge is 0.228 e. The summed E-state index contributed by atoms with van der Waals surface area (Å²) in [6.45, 7) is 0. The molecule has 1 heterocycles. The molecule has 0 aliphatic rings. The van der Waals surface area contributed by atoms with Crippen molar-refractivity contribution in [2.24, 2.45) is 0 Å². The van der Waals surface area contributed by atoms with Gasteiger partial charge in [-0.25, -0.2) is 4.39 Å². The molecule has 3 aromatic rings. The molecule has 1 N–H and O–H groups in total. The fourth-order valence-corrected chi connectivity index (χ4v) is 2.52. The van der Waals surface area contributed by atoms with Crippen LogP contribution in [-0.4, -0.2) is 10.9 Å². The monoisotopic (exact) mass is 314 g/mol. The number of nitrogens with zero attached hydrogens (tertiary/aromatic N) is 1. The molecule has 3 nitrogen and oxygen atoms in total. The number of amides is 1. The van der Waals surface area contributed by atoms with Crippen LogP contribution in [0.1, 0.15) is 5.56 Å². The predicted octanol–water partition coefficient (Wildman–Crippen LogP) is 4.21. The van der Waals surface area contributed by atoms with Gasteiger partial charge in [0.25, 0.3) is 0 Å². The second-order valence-electron chi connectivity index (χ2n) is 4.83. The van der Waals surface area contributed by atoms with Gasteiger partial charge in [-0.2, -0.15) is 0 Å². The Labute approximate surface area is 131 Å². The Hall–Kier alpha value is -2.46. The van der Waals surface area contributed by atoms with E-state index in [1.165, 1.54) is 12.1 Å². The van der Waals surface area contributed by atoms with E-state index in [0.29, 0.717) is 5.69 Å². The normalized spacial score (nSPS) is 10.6. The summed E-state index contributed by atoms with van der Waals surface area (Å²) in [5.74, 6) is -0.805. The van der Waals surface area contributed by atoms with Gasteiger partial charge in [-0.1, -0.05) is 29.8 Å². The van der Waals surface area contributed by atoms with E-state index in [1.54, 1.807) is 24.5 Å². The number of aromatic nitrogens is 1. The van der Waals surface area contributed by atoms with Gasteiger partial charge in [0.2, 0.25) is 5.91 Å². The van der Waals surface area contributed by atoms with Crippen LogP contribution in [0.4, 0.5) is 10.1 Å². The van der Waals surface area contributed by atoms with E-state index in [2.05, 4.69) is 10.3 Å². The minimum Gasteiger partial charge on any atom is -0.325 e. The molecule has 1 amide bonds. The van der Waals surface area contributed by atoms with Gasteiger partial charge in [0.15, 0.2) is 0 Å². The molecule has 0 bridgehead atoms. The lowest BCUT2D eigenvalue weighted by Crippen LogP contribution is -2.15. The van der Waals surface area contributed by atoms with Crippen LogP contribution in [0, 0.1) is 5.82 Å². The van der Waals surface area contributed by atoms with Crippen LogP contribution in [0.25, 0.3) is 10.8 Å². The van der Waals surface area contributed by atoms with E-state index in [0.717, 1.165) is 10.8 Å². The zero-order chi connectivity index (χ0) is 15.5. The molecule has 0 fully saturated rings. The third-order valence-electron chi connectivity index (χ3n) is 3.35. The van der Waals surface area contributed by atoms with Crippen LogP contribution in [0.3, 0.4) is 0 Å². The molecular weight excluding hydrogens is 303 g/mol. The summed E-state index contributed by atoms with van der Waals surface area (Å²) in [5, 5.41) is 4.84. The van der Waals surface area contributed by atoms with E-state index in [-0.39, 0.29) is 22.9 Å². The Bertz CT molecular complexity index is 825. The highest BCUT2D eigenvalue weighted by Gasteiger charge is 2.13. The Morgan fingerprint density at radius 1 is 1.18 bits per heavy atom. The van der Waals surface area contributed by atoms with Crippen LogP contribution >= 0.6 is 11.6 Å². The van der Waals surface area contributed by atoms with Crippen LogP contribution < -0.4 is 5.32 Å². The lowest BCUT2D eigenvalue weighted by Gasteiger charge is -2.09. The first kappa shape index (κ1) is 14.5. The maximum atomic E-state index is 13.7. The lowest BCUT2D eigenvalue weighted by atomic mass is 10.1. The summed E-state index contributed by atoms with van der Waals surface area (Å²) in [6, 6.07) is 11.7. The highest BCUT2D eigenvalue weighted by atomic mass is 35.5.